The van der Waals surface area contributed by atoms with Gasteiger partial charge in [0.1, 0.15) is 5.82 Å². The standard InChI is InChI=1S/C17H13ClFN3OS/c1-24-17-20-8-9-22(17)13-5-2-11(3-6-13)16(23)21-12-4-7-15(19)14(18)10-12/h2-10H,1H3,(H,21,23). The van der Waals surface area contributed by atoms with E-state index in [1.807, 2.05) is 29.2 Å². The molecule has 0 aliphatic rings. The molecule has 1 aromatic heterocycles. The Morgan fingerprint density at radius 1 is 1.25 bits per heavy atom. The van der Waals surface area contributed by atoms with E-state index in [-0.39, 0.29) is 10.9 Å². The van der Waals surface area contributed by atoms with Crippen LogP contribution in [0.25, 0.3) is 5.69 Å². The minimum atomic E-state index is -0.524. The van der Waals surface area contributed by atoms with Crippen LogP contribution in [-0.4, -0.2) is 21.7 Å². The number of halogens is 2. The molecular weight excluding hydrogens is 349 g/mol. The third-order valence-electron chi connectivity index (χ3n) is 3.37. The van der Waals surface area contributed by atoms with E-state index < -0.39 is 5.82 Å². The fraction of sp³-hybridized carbons (Fsp3) is 0.0588. The van der Waals surface area contributed by atoms with E-state index in [9.17, 15) is 9.18 Å². The van der Waals surface area contributed by atoms with E-state index in [1.165, 1.54) is 18.2 Å². The first-order valence-corrected chi connectivity index (χ1v) is 8.63. The number of thioether (sulfide) groups is 1. The van der Waals surface area contributed by atoms with Gasteiger partial charge >= 0.3 is 0 Å². The van der Waals surface area contributed by atoms with Crippen LogP contribution in [0, 0.1) is 5.82 Å². The number of amides is 1. The molecule has 7 heteroatoms. The summed E-state index contributed by atoms with van der Waals surface area (Å²) in [4.78, 5) is 16.5. The zero-order valence-corrected chi connectivity index (χ0v) is 14.2. The van der Waals surface area contributed by atoms with Crippen LogP contribution in [0.15, 0.2) is 60.0 Å². The molecule has 1 heterocycles. The Morgan fingerprint density at radius 3 is 2.67 bits per heavy atom. The number of carbonyl (C=O) groups excluding carboxylic acids is 1. The fourth-order valence-electron chi connectivity index (χ4n) is 2.19. The highest BCUT2D eigenvalue weighted by Gasteiger charge is 2.09. The molecule has 0 unspecified atom stereocenters. The molecule has 0 atom stereocenters. The number of nitrogens with zero attached hydrogens (tertiary/aromatic N) is 2. The first-order valence-electron chi connectivity index (χ1n) is 7.02. The summed E-state index contributed by atoms with van der Waals surface area (Å²) < 4.78 is 15.1. The number of imidazole rings is 1. The lowest BCUT2D eigenvalue weighted by atomic mass is 10.2. The predicted molar refractivity (Wildman–Crippen MR) is 94.7 cm³/mol. The molecule has 24 heavy (non-hydrogen) atoms. The molecule has 0 saturated heterocycles. The molecule has 4 nitrogen and oxygen atoms in total. The first-order chi connectivity index (χ1) is 11.6. The van der Waals surface area contributed by atoms with Crippen LogP contribution in [-0.2, 0) is 0 Å². The average molecular weight is 362 g/mol. The van der Waals surface area contributed by atoms with Crippen molar-refractivity contribution in [2.45, 2.75) is 5.16 Å². The Hall–Kier alpha value is -2.31. The lowest BCUT2D eigenvalue weighted by Gasteiger charge is -2.08. The molecule has 0 aliphatic heterocycles. The van der Waals surface area contributed by atoms with E-state index in [0.29, 0.717) is 11.3 Å². The van der Waals surface area contributed by atoms with Gasteiger partial charge in [0, 0.05) is 29.3 Å². The summed E-state index contributed by atoms with van der Waals surface area (Å²) in [6.45, 7) is 0. The van der Waals surface area contributed by atoms with Gasteiger partial charge < -0.3 is 5.32 Å². The summed E-state index contributed by atoms with van der Waals surface area (Å²) in [6, 6.07) is 11.2. The summed E-state index contributed by atoms with van der Waals surface area (Å²) in [7, 11) is 0. The second-order valence-corrected chi connectivity index (χ2v) is 6.09. The van der Waals surface area contributed by atoms with Gasteiger partial charge in [-0.05, 0) is 48.7 Å². The summed E-state index contributed by atoms with van der Waals surface area (Å²) in [5.74, 6) is -0.816. The molecular formula is C17H13ClFN3OS. The Bertz CT molecular complexity index is 880. The summed E-state index contributed by atoms with van der Waals surface area (Å²) >= 11 is 7.25. The predicted octanol–water partition coefficient (Wildman–Crippen LogP) is 4.64. The van der Waals surface area contributed by atoms with Crippen molar-refractivity contribution in [1.82, 2.24) is 9.55 Å². The van der Waals surface area contributed by atoms with Gasteiger partial charge in [-0.1, -0.05) is 23.4 Å². The summed E-state index contributed by atoms with van der Waals surface area (Å²) in [5, 5.41) is 3.52. The van der Waals surface area contributed by atoms with Gasteiger partial charge in [0.25, 0.3) is 5.91 Å². The van der Waals surface area contributed by atoms with Crippen molar-refractivity contribution in [2.75, 3.05) is 11.6 Å². The summed E-state index contributed by atoms with van der Waals surface area (Å²) in [5.41, 5.74) is 1.85. The van der Waals surface area contributed by atoms with Crippen molar-refractivity contribution in [2.24, 2.45) is 0 Å². The number of nitrogens with one attached hydrogen (secondary N) is 1. The largest absolute Gasteiger partial charge is 0.322 e. The minimum Gasteiger partial charge on any atom is -0.322 e. The highest BCUT2D eigenvalue weighted by molar-refractivity contribution is 7.98. The zero-order chi connectivity index (χ0) is 17.1. The second-order valence-electron chi connectivity index (χ2n) is 4.91. The van der Waals surface area contributed by atoms with Crippen LogP contribution in [0.1, 0.15) is 10.4 Å². The maximum atomic E-state index is 13.1. The highest BCUT2D eigenvalue weighted by Crippen LogP contribution is 2.21. The Morgan fingerprint density at radius 2 is 2.00 bits per heavy atom. The number of hydrogen-bond acceptors (Lipinski definition) is 3. The molecule has 122 valence electrons. The van der Waals surface area contributed by atoms with Crippen molar-refractivity contribution >= 4 is 35.0 Å². The van der Waals surface area contributed by atoms with Crippen LogP contribution in [0.2, 0.25) is 5.02 Å². The number of rotatable bonds is 4. The topological polar surface area (TPSA) is 46.9 Å². The van der Waals surface area contributed by atoms with Crippen molar-refractivity contribution in [3.63, 3.8) is 0 Å². The van der Waals surface area contributed by atoms with Gasteiger partial charge in [0.2, 0.25) is 0 Å². The molecule has 3 aromatic rings. The Kier molecular flexibility index (Phi) is 4.87. The normalized spacial score (nSPS) is 10.6. The second kappa shape index (κ2) is 7.07. The summed E-state index contributed by atoms with van der Waals surface area (Å²) in [6.07, 6.45) is 5.54. The van der Waals surface area contributed by atoms with Gasteiger partial charge in [0.15, 0.2) is 5.16 Å². The number of carbonyl (C=O) groups is 1. The lowest BCUT2D eigenvalue weighted by Crippen LogP contribution is -2.12. The number of aromatic nitrogens is 2. The molecule has 0 radical (unpaired) electrons. The number of benzene rings is 2. The molecule has 0 fully saturated rings. The number of anilines is 1. The Labute approximate surface area is 147 Å². The van der Waals surface area contributed by atoms with Gasteiger partial charge in [-0.15, -0.1) is 0 Å². The van der Waals surface area contributed by atoms with E-state index in [0.717, 1.165) is 10.8 Å². The number of hydrogen-bond donors (Lipinski definition) is 1. The average Bonchev–Trinajstić information content (AvgIpc) is 3.07. The minimum absolute atomic E-state index is 0.0344. The van der Waals surface area contributed by atoms with Gasteiger partial charge in [0.05, 0.1) is 5.02 Å². The van der Waals surface area contributed by atoms with Crippen LogP contribution in [0.5, 0.6) is 0 Å². The SMILES string of the molecule is CSc1nccn1-c1ccc(C(=O)Nc2ccc(F)c(Cl)c2)cc1. The van der Waals surface area contributed by atoms with Crippen LogP contribution in [0.4, 0.5) is 10.1 Å². The van der Waals surface area contributed by atoms with Crippen molar-refractivity contribution < 1.29 is 9.18 Å². The third kappa shape index (κ3) is 3.44. The van der Waals surface area contributed by atoms with E-state index in [1.54, 1.807) is 30.1 Å². The van der Waals surface area contributed by atoms with Crippen LogP contribution < -0.4 is 5.32 Å². The molecule has 0 spiro atoms. The van der Waals surface area contributed by atoms with E-state index in [2.05, 4.69) is 10.3 Å². The zero-order valence-electron chi connectivity index (χ0n) is 12.7. The third-order valence-corrected chi connectivity index (χ3v) is 4.33. The maximum absolute atomic E-state index is 13.1. The Balaban J connectivity index is 1.77. The molecule has 3 rings (SSSR count). The quantitative estimate of drug-likeness (QED) is 0.689. The highest BCUT2D eigenvalue weighted by atomic mass is 35.5. The lowest BCUT2D eigenvalue weighted by molar-refractivity contribution is 0.102. The molecule has 0 saturated carbocycles. The molecule has 2 aromatic carbocycles. The van der Waals surface area contributed by atoms with Gasteiger partial charge in [-0.3, -0.25) is 9.36 Å². The first kappa shape index (κ1) is 16.5. The van der Waals surface area contributed by atoms with E-state index in [4.69, 9.17) is 11.6 Å². The fourth-order valence-corrected chi connectivity index (χ4v) is 2.90. The maximum Gasteiger partial charge on any atom is 0.255 e. The van der Waals surface area contributed by atoms with Gasteiger partial charge in [-0.25, -0.2) is 9.37 Å². The molecule has 0 aliphatic carbocycles. The van der Waals surface area contributed by atoms with Gasteiger partial charge in [-0.2, -0.15) is 0 Å². The van der Waals surface area contributed by atoms with Crippen molar-refractivity contribution in [3.05, 3.63) is 71.3 Å². The smallest absolute Gasteiger partial charge is 0.255 e. The van der Waals surface area contributed by atoms with Crippen molar-refractivity contribution in [3.8, 4) is 5.69 Å². The monoisotopic (exact) mass is 361 g/mol. The van der Waals surface area contributed by atoms with Crippen LogP contribution in [0.3, 0.4) is 0 Å². The van der Waals surface area contributed by atoms with Crippen LogP contribution >= 0.6 is 23.4 Å². The molecule has 1 amide bonds. The molecule has 0 bridgehead atoms. The molecule has 1 N–H and O–H groups in total. The van der Waals surface area contributed by atoms with Crippen molar-refractivity contribution in [1.29, 1.82) is 0 Å². The van der Waals surface area contributed by atoms with E-state index >= 15 is 0 Å².